The summed E-state index contributed by atoms with van der Waals surface area (Å²) in [5.74, 6) is -0.493. The van der Waals surface area contributed by atoms with Gasteiger partial charge in [-0.05, 0) is 50.6 Å². The van der Waals surface area contributed by atoms with Crippen LogP contribution in [0.5, 0.6) is 0 Å². The monoisotopic (exact) mass is 428 g/mol. The van der Waals surface area contributed by atoms with Gasteiger partial charge >= 0.3 is 5.97 Å². The largest absolute Gasteiger partial charge is 0.463 e. The lowest BCUT2D eigenvalue weighted by Crippen LogP contribution is -2.37. The van der Waals surface area contributed by atoms with E-state index in [1.54, 1.807) is 44.2 Å². The summed E-state index contributed by atoms with van der Waals surface area (Å²) in [6.07, 6.45) is 1.69. The van der Waals surface area contributed by atoms with Crippen LogP contribution in [0, 0.1) is 6.92 Å². The maximum atomic E-state index is 13.6. The number of benzene rings is 2. The average molecular weight is 429 g/mol. The van der Waals surface area contributed by atoms with E-state index in [2.05, 4.69) is 0 Å². The number of aryl methyl sites for hydroxylation is 1. The molecule has 0 saturated carbocycles. The highest BCUT2D eigenvalue weighted by Gasteiger charge is 2.44. The normalized spacial score (nSPS) is 19.4. The molecule has 0 N–H and O–H groups in total. The van der Waals surface area contributed by atoms with Crippen LogP contribution in [0.3, 0.4) is 0 Å². The summed E-state index contributed by atoms with van der Waals surface area (Å²) in [5.41, 5.74) is 3.03. The van der Waals surface area contributed by atoms with E-state index in [1.165, 1.54) is 4.31 Å². The molecule has 1 aliphatic heterocycles. The molecule has 0 aromatic heterocycles. The second-order valence-corrected chi connectivity index (χ2v) is 9.46. The summed E-state index contributed by atoms with van der Waals surface area (Å²) in [4.78, 5) is 14.8. The molecule has 1 aliphatic rings. The number of carbonyl (C=O) groups is 1. The molecule has 2 aromatic carbocycles. The Bertz CT molecular complexity index is 1040. The van der Waals surface area contributed by atoms with Crippen LogP contribution in [-0.4, -0.2) is 45.4 Å². The van der Waals surface area contributed by atoms with Crippen LogP contribution in [0.1, 0.15) is 31.0 Å². The van der Waals surface area contributed by atoms with Crippen LogP contribution in [0.25, 0.3) is 0 Å². The predicted molar refractivity (Wildman–Crippen MR) is 118 cm³/mol. The Balaban J connectivity index is 2.10. The zero-order valence-corrected chi connectivity index (χ0v) is 18.8. The molecule has 0 aliphatic carbocycles. The zero-order chi connectivity index (χ0) is 22.1. The number of nitrogens with zero attached hydrogens (tertiary/aromatic N) is 2. The minimum absolute atomic E-state index is 0.202. The van der Waals surface area contributed by atoms with Crippen molar-refractivity contribution in [3.63, 3.8) is 0 Å². The van der Waals surface area contributed by atoms with Gasteiger partial charge in [-0.3, -0.25) is 0 Å². The molecule has 0 spiro atoms. The van der Waals surface area contributed by atoms with Gasteiger partial charge in [-0.2, -0.15) is 4.31 Å². The van der Waals surface area contributed by atoms with Crippen molar-refractivity contribution in [2.45, 2.75) is 37.8 Å². The van der Waals surface area contributed by atoms with Gasteiger partial charge in [0.1, 0.15) is 0 Å². The van der Waals surface area contributed by atoms with Crippen LogP contribution in [0.2, 0.25) is 0 Å². The molecule has 0 amide bonds. The van der Waals surface area contributed by atoms with Gasteiger partial charge in [0, 0.05) is 25.8 Å². The minimum atomic E-state index is -3.85. The lowest BCUT2D eigenvalue weighted by Gasteiger charge is -2.30. The van der Waals surface area contributed by atoms with Crippen molar-refractivity contribution in [2.75, 3.05) is 25.6 Å². The van der Waals surface area contributed by atoms with Crippen molar-refractivity contribution in [2.24, 2.45) is 0 Å². The van der Waals surface area contributed by atoms with E-state index in [1.807, 2.05) is 50.2 Å². The molecular weight excluding hydrogens is 400 g/mol. The average Bonchev–Trinajstić information content (AvgIpc) is 3.06. The van der Waals surface area contributed by atoms with Crippen LogP contribution >= 0.6 is 0 Å². The molecule has 7 heteroatoms. The first-order valence-corrected chi connectivity index (χ1v) is 11.4. The summed E-state index contributed by atoms with van der Waals surface area (Å²) in [7, 11) is 0.0238. The van der Waals surface area contributed by atoms with Gasteiger partial charge in [0.05, 0.1) is 23.1 Å². The van der Waals surface area contributed by atoms with Gasteiger partial charge in [-0.15, -0.1) is 0 Å². The summed E-state index contributed by atoms with van der Waals surface area (Å²) in [6.45, 7) is 5.64. The smallest absolute Gasteiger partial charge is 0.335 e. The van der Waals surface area contributed by atoms with E-state index in [0.29, 0.717) is 5.57 Å². The van der Waals surface area contributed by atoms with Crippen molar-refractivity contribution in [1.29, 1.82) is 0 Å². The summed E-state index contributed by atoms with van der Waals surface area (Å²) >= 11 is 0. The molecule has 0 unspecified atom stereocenters. The maximum absolute atomic E-state index is 13.6. The van der Waals surface area contributed by atoms with Crippen molar-refractivity contribution >= 4 is 21.7 Å². The molecular formula is C23H28N2O4S. The fourth-order valence-corrected chi connectivity index (χ4v) is 5.40. The Morgan fingerprint density at radius 3 is 2.20 bits per heavy atom. The molecule has 2 aromatic rings. The number of hydrogen-bond acceptors (Lipinski definition) is 5. The Morgan fingerprint density at radius 2 is 1.67 bits per heavy atom. The number of carbonyl (C=O) groups excluding carboxylic acids is 1. The predicted octanol–water partition coefficient (Wildman–Crippen LogP) is 3.68. The number of sulfonamides is 1. The van der Waals surface area contributed by atoms with E-state index in [-0.39, 0.29) is 11.5 Å². The van der Waals surface area contributed by atoms with Gasteiger partial charge in [0.15, 0.2) is 0 Å². The second kappa shape index (κ2) is 8.62. The van der Waals surface area contributed by atoms with Gasteiger partial charge in [-0.25, -0.2) is 13.2 Å². The quantitative estimate of drug-likeness (QED) is 0.657. The molecule has 0 saturated heterocycles. The highest BCUT2D eigenvalue weighted by molar-refractivity contribution is 7.89. The highest BCUT2D eigenvalue weighted by atomic mass is 32.2. The third kappa shape index (κ3) is 4.13. The van der Waals surface area contributed by atoms with Crippen molar-refractivity contribution in [1.82, 2.24) is 4.31 Å². The van der Waals surface area contributed by atoms with Gasteiger partial charge in [-0.1, -0.05) is 35.9 Å². The molecule has 0 fully saturated rings. The fourth-order valence-electron chi connectivity index (χ4n) is 3.66. The number of anilines is 1. The lowest BCUT2D eigenvalue weighted by atomic mass is 10.0. The van der Waals surface area contributed by atoms with E-state index >= 15 is 0 Å². The van der Waals surface area contributed by atoms with Crippen molar-refractivity contribution in [3.8, 4) is 0 Å². The second-order valence-electron chi connectivity index (χ2n) is 7.62. The molecule has 30 heavy (non-hydrogen) atoms. The fraction of sp³-hybridized carbons (Fsp3) is 0.348. The minimum Gasteiger partial charge on any atom is -0.463 e. The summed E-state index contributed by atoms with van der Waals surface area (Å²) in [6, 6.07) is 13.1. The standard InChI is InChI=1S/C23H28N2O4S/c1-6-29-23(26)21-15-17(3)25(30(27,28)20-13-7-16(2)8-14-20)22(21)18-9-11-19(12-10-18)24(4)5/h7-15,17,22H,6H2,1-5H3/t17-,22+/m1/s1. The maximum Gasteiger partial charge on any atom is 0.335 e. The van der Waals surface area contributed by atoms with E-state index < -0.39 is 28.1 Å². The van der Waals surface area contributed by atoms with Gasteiger partial charge in [0.25, 0.3) is 0 Å². The van der Waals surface area contributed by atoms with Gasteiger partial charge < -0.3 is 9.64 Å². The molecule has 6 nitrogen and oxygen atoms in total. The third-order valence-corrected chi connectivity index (χ3v) is 7.17. The van der Waals surface area contributed by atoms with E-state index in [0.717, 1.165) is 16.8 Å². The van der Waals surface area contributed by atoms with Crippen LogP contribution in [0.4, 0.5) is 5.69 Å². The Kier molecular flexibility index (Phi) is 6.33. The van der Waals surface area contributed by atoms with Crippen molar-refractivity contribution in [3.05, 3.63) is 71.3 Å². The van der Waals surface area contributed by atoms with Crippen LogP contribution in [-0.2, 0) is 19.6 Å². The zero-order valence-electron chi connectivity index (χ0n) is 18.0. The first-order chi connectivity index (χ1) is 14.2. The van der Waals surface area contributed by atoms with Crippen LogP contribution < -0.4 is 4.90 Å². The molecule has 2 atom stereocenters. The Morgan fingerprint density at radius 1 is 1.07 bits per heavy atom. The summed E-state index contributed by atoms with van der Waals surface area (Å²) in [5, 5.41) is 0. The number of hydrogen-bond donors (Lipinski definition) is 0. The van der Waals surface area contributed by atoms with Gasteiger partial charge in [0.2, 0.25) is 10.0 Å². The van der Waals surface area contributed by atoms with E-state index in [4.69, 9.17) is 4.74 Å². The Hall–Kier alpha value is -2.64. The molecule has 0 radical (unpaired) electrons. The molecule has 3 rings (SSSR count). The summed E-state index contributed by atoms with van der Waals surface area (Å²) < 4.78 is 33.8. The number of rotatable bonds is 6. The first kappa shape index (κ1) is 22.1. The third-order valence-electron chi connectivity index (χ3n) is 5.20. The Labute approximate surface area is 178 Å². The molecule has 160 valence electrons. The topological polar surface area (TPSA) is 66.9 Å². The van der Waals surface area contributed by atoms with Crippen molar-refractivity contribution < 1.29 is 17.9 Å². The van der Waals surface area contributed by atoms with E-state index in [9.17, 15) is 13.2 Å². The number of esters is 1. The number of ether oxygens (including phenoxy) is 1. The first-order valence-electron chi connectivity index (χ1n) is 9.93. The lowest BCUT2D eigenvalue weighted by molar-refractivity contribution is -0.138. The highest BCUT2D eigenvalue weighted by Crippen LogP contribution is 2.41. The van der Waals surface area contributed by atoms with Crippen LogP contribution in [0.15, 0.2) is 65.1 Å². The molecule has 1 heterocycles. The molecule has 0 bridgehead atoms. The SMILES string of the molecule is CCOC(=O)C1=C[C@@H](C)N(S(=O)(=O)c2ccc(C)cc2)[C@H]1c1ccc(N(C)C)cc1.